The summed E-state index contributed by atoms with van der Waals surface area (Å²) in [5.74, 6) is 1.39. The van der Waals surface area contributed by atoms with Crippen molar-refractivity contribution in [3.8, 4) is 0 Å². The third-order valence-corrected chi connectivity index (χ3v) is 6.51. The van der Waals surface area contributed by atoms with E-state index in [-0.39, 0.29) is 23.5 Å². The van der Waals surface area contributed by atoms with Gasteiger partial charge in [0.05, 0.1) is 10.5 Å². The summed E-state index contributed by atoms with van der Waals surface area (Å²) in [5.41, 5.74) is -0.0326. The summed E-state index contributed by atoms with van der Waals surface area (Å²) < 4.78 is 5.17. The first-order valence-corrected chi connectivity index (χ1v) is 9.57. The van der Waals surface area contributed by atoms with Crippen LogP contribution in [0.1, 0.15) is 44.1 Å². The predicted molar refractivity (Wildman–Crippen MR) is 98.7 cm³/mol. The molecule has 0 saturated heterocycles. The molecule has 0 amide bonds. The van der Waals surface area contributed by atoms with Crippen molar-refractivity contribution in [2.24, 2.45) is 23.2 Å². The molecule has 4 aliphatic rings. The lowest BCUT2D eigenvalue weighted by Crippen LogP contribution is -2.51. The van der Waals surface area contributed by atoms with E-state index >= 15 is 0 Å². The summed E-state index contributed by atoms with van der Waals surface area (Å²) in [6, 6.07) is 6.16. The molecule has 4 aliphatic carbocycles. The van der Waals surface area contributed by atoms with Crippen molar-refractivity contribution in [2.75, 3.05) is 6.61 Å². The molecule has 6 nitrogen and oxygen atoms in total. The second-order valence-electron chi connectivity index (χ2n) is 8.38. The fourth-order valence-electron chi connectivity index (χ4n) is 5.74. The number of para-hydroxylation sites is 1. The van der Waals surface area contributed by atoms with Crippen LogP contribution in [0.4, 0.5) is 5.69 Å². The summed E-state index contributed by atoms with van der Waals surface area (Å²) in [6.07, 6.45) is 9.11. The van der Waals surface area contributed by atoms with Gasteiger partial charge in [-0.3, -0.25) is 14.9 Å². The topological polar surface area (TPSA) is 86.5 Å². The highest BCUT2D eigenvalue weighted by molar-refractivity contribution is 5.92. The minimum Gasteiger partial charge on any atom is -0.455 e. The molecule has 4 bridgehead atoms. The molecule has 0 heterocycles. The Balaban J connectivity index is 1.36. The van der Waals surface area contributed by atoms with Crippen LogP contribution in [-0.2, 0) is 14.3 Å². The van der Waals surface area contributed by atoms with E-state index < -0.39 is 10.9 Å². The summed E-state index contributed by atoms with van der Waals surface area (Å²) in [6.45, 7) is -0.202. The van der Waals surface area contributed by atoms with Gasteiger partial charge in [-0.2, -0.15) is 0 Å². The predicted octanol–water partition coefficient (Wildman–Crippen LogP) is 3.94. The molecule has 5 rings (SSSR count). The van der Waals surface area contributed by atoms with Crippen molar-refractivity contribution >= 4 is 23.5 Å². The van der Waals surface area contributed by atoms with Crippen molar-refractivity contribution < 1.29 is 19.2 Å². The van der Waals surface area contributed by atoms with Gasteiger partial charge in [-0.1, -0.05) is 12.1 Å². The van der Waals surface area contributed by atoms with Gasteiger partial charge >= 0.3 is 5.97 Å². The van der Waals surface area contributed by atoms with Crippen LogP contribution in [0, 0.1) is 33.3 Å². The normalized spacial score (nSPS) is 31.2. The maximum absolute atomic E-state index is 12.8. The molecular formula is C21H23NO5. The summed E-state index contributed by atoms with van der Waals surface area (Å²) >= 11 is 0. The molecule has 1 aromatic rings. The second kappa shape index (κ2) is 6.91. The van der Waals surface area contributed by atoms with Crippen LogP contribution in [-0.4, -0.2) is 23.3 Å². The van der Waals surface area contributed by atoms with E-state index in [1.54, 1.807) is 18.2 Å². The number of carbonyl (C=O) groups excluding carboxylic acids is 2. The van der Waals surface area contributed by atoms with Crippen LogP contribution in [0.25, 0.3) is 6.08 Å². The quantitative estimate of drug-likeness (QED) is 0.328. The number of nitrogens with zero attached hydrogens (tertiary/aromatic N) is 1. The van der Waals surface area contributed by atoms with Crippen molar-refractivity contribution in [3.05, 3.63) is 46.0 Å². The van der Waals surface area contributed by atoms with Crippen molar-refractivity contribution in [3.63, 3.8) is 0 Å². The number of nitro groups is 1. The number of esters is 1. The monoisotopic (exact) mass is 369 g/mol. The second-order valence-corrected chi connectivity index (χ2v) is 8.38. The summed E-state index contributed by atoms with van der Waals surface area (Å²) in [4.78, 5) is 35.3. The summed E-state index contributed by atoms with van der Waals surface area (Å²) in [5, 5.41) is 11.0. The molecule has 0 spiro atoms. The van der Waals surface area contributed by atoms with E-state index in [2.05, 4.69) is 0 Å². The molecule has 1 aromatic carbocycles. The van der Waals surface area contributed by atoms with Crippen molar-refractivity contribution in [2.45, 2.75) is 38.5 Å². The van der Waals surface area contributed by atoms with Gasteiger partial charge in [0.2, 0.25) is 0 Å². The largest absolute Gasteiger partial charge is 0.455 e. The van der Waals surface area contributed by atoms with Gasteiger partial charge in [-0.15, -0.1) is 0 Å². The van der Waals surface area contributed by atoms with Gasteiger partial charge in [-0.25, -0.2) is 4.79 Å². The van der Waals surface area contributed by atoms with E-state index in [9.17, 15) is 19.7 Å². The van der Waals surface area contributed by atoms with Gasteiger partial charge in [0.1, 0.15) is 0 Å². The van der Waals surface area contributed by atoms with Gasteiger partial charge in [-0.05, 0) is 68.4 Å². The number of nitro benzene ring substituents is 1. The molecule has 0 aliphatic heterocycles. The van der Waals surface area contributed by atoms with Crippen LogP contribution in [0.2, 0.25) is 0 Å². The van der Waals surface area contributed by atoms with E-state index in [1.807, 2.05) is 0 Å². The Kier molecular flexibility index (Phi) is 4.58. The number of benzene rings is 1. The molecule has 0 radical (unpaired) electrons. The molecule has 0 N–H and O–H groups in total. The third-order valence-electron chi connectivity index (χ3n) is 6.51. The van der Waals surface area contributed by atoms with Crippen LogP contribution in [0.3, 0.4) is 0 Å². The molecule has 0 unspecified atom stereocenters. The minimum atomic E-state index is -0.647. The number of hydrogen-bond donors (Lipinski definition) is 0. The Hall–Kier alpha value is -2.50. The molecule has 0 aromatic heterocycles. The lowest BCUT2D eigenvalue weighted by molar-refractivity contribution is -0.385. The Labute approximate surface area is 157 Å². The van der Waals surface area contributed by atoms with Crippen LogP contribution in [0.15, 0.2) is 30.3 Å². The van der Waals surface area contributed by atoms with E-state index in [1.165, 1.54) is 31.4 Å². The lowest BCUT2D eigenvalue weighted by atomic mass is 9.48. The van der Waals surface area contributed by atoms with E-state index in [0.717, 1.165) is 25.3 Å². The van der Waals surface area contributed by atoms with E-state index in [0.29, 0.717) is 23.3 Å². The first-order valence-electron chi connectivity index (χ1n) is 9.57. The molecule has 4 fully saturated rings. The molecule has 142 valence electrons. The van der Waals surface area contributed by atoms with Gasteiger partial charge < -0.3 is 4.74 Å². The molecule has 4 saturated carbocycles. The van der Waals surface area contributed by atoms with Gasteiger partial charge in [0.25, 0.3) is 5.69 Å². The zero-order valence-corrected chi connectivity index (χ0v) is 15.1. The van der Waals surface area contributed by atoms with Crippen LogP contribution >= 0.6 is 0 Å². The van der Waals surface area contributed by atoms with Crippen molar-refractivity contribution in [1.82, 2.24) is 0 Å². The van der Waals surface area contributed by atoms with E-state index in [4.69, 9.17) is 4.74 Å². The fourth-order valence-corrected chi connectivity index (χ4v) is 5.74. The molecule has 6 heteroatoms. The average molecular weight is 369 g/mol. The molecule has 0 atom stereocenters. The minimum absolute atomic E-state index is 0.0500. The highest BCUT2D eigenvalue weighted by Crippen LogP contribution is 2.60. The number of ketones is 1. The van der Waals surface area contributed by atoms with Crippen LogP contribution in [0.5, 0.6) is 0 Å². The SMILES string of the molecule is O=C(/C=C/c1ccccc1[N+](=O)[O-])OCC(=O)C12CC3CC(CC(C3)C1)C2. The highest BCUT2D eigenvalue weighted by Gasteiger charge is 2.54. The summed E-state index contributed by atoms with van der Waals surface area (Å²) in [7, 11) is 0. The zero-order valence-electron chi connectivity index (χ0n) is 15.1. The van der Waals surface area contributed by atoms with Crippen LogP contribution < -0.4 is 0 Å². The first-order chi connectivity index (χ1) is 12.9. The zero-order chi connectivity index (χ0) is 19.0. The number of hydrogen-bond acceptors (Lipinski definition) is 5. The first kappa shape index (κ1) is 17.9. The number of ether oxygens (including phenoxy) is 1. The smallest absolute Gasteiger partial charge is 0.331 e. The van der Waals surface area contributed by atoms with Crippen molar-refractivity contribution in [1.29, 1.82) is 0 Å². The fraction of sp³-hybridized carbons (Fsp3) is 0.524. The Morgan fingerprint density at radius 2 is 1.70 bits per heavy atom. The number of Topliss-reactive ketones (excluding diaryl/α,β-unsaturated/α-hetero) is 1. The molecule has 27 heavy (non-hydrogen) atoms. The van der Waals surface area contributed by atoms with Gasteiger partial charge in [0, 0.05) is 17.6 Å². The number of carbonyl (C=O) groups is 2. The Morgan fingerprint density at radius 1 is 1.11 bits per heavy atom. The standard InChI is InChI=1S/C21H23NO5/c23-19(21-10-14-7-15(11-21)9-16(8-14)12-21)13-27-20(24)6-5-17-3-1-2-4-18(17)22(25)26/h1-6,14-16H,7-13H2/b6-5+. The maximum atomic E-state index is 12.8. The number of rotatable bonds is 6. The Morgan fingerprint density at radius 3 is 2.30 bits per heavy atom. The third kappa shape index (κ3) is 3.53. The Bertz CT molecular complexity index is 777. The highest BCUT2D eigenvalue weighted by atomic mass is 16.6. The lowest BCUT2D eigenvalue weighted by Gasteiger charge is -2.55. The van der Waals surface area contributed by atoms with Gasteiger partial charge in [0.15, 0.2) is 12.4 Å². The average Bonchev–Trinajstić information content (AvgIpc) is 2.63. The maximum Gasteiger partial charge on any atom is 0.331 e. The molecular weight excluding hydrogens is 346 g/mol.